The highest BCUT2D eigenvalue weighted by Gasteiger charge is 2.34. The van der Waals surface area contributed by atoms with Crippen molar-refractivity contribution < 1.29 is 9.59 Å². The first-order valence-electron chi connectivity index (χ1n) is 8.30. The van der Waals surface area contributed by atoms with Gasteiger partial charge in [-0.2, -0.15) is 0 Å². The zero-order valence-corrected chi connectivity index (χ0v) is 14.1. The van der Waals surface area contributed by atoms with Gasteiger partial charge in [-0.1, -0.05) is 24.3 Å². The van der Waals surface area contributed by atoms with Crippen molar-refractivity contribution in [2.24, 2.45) is 0 Å². The first-order valence-corrected chi connectivity index (χ1v) is 8.30. The fraction of sp³-hybridized carbons (Fsp3) is 0.300. The lowest BCUT2D eigenvalue weighted by Crippen LogP contribution is -2.43. The number of likely N-dealkylation sites (tertiary alicyclic amines) is 1. The number of nitrogens with zero attached hydrogens (tertiary/aromatic N) is 1. The Morgan fingerprint density at radius 2 is 1.79 bits per heavy atom. The first kappa shape index (κ1) is 16.2. The van der Waals surface area contributed by atoms with Gasteiger partial charge in [0.15, 0.2) is 0 Å². The molecular weight excluding hydrogens is 300 g/mol. The zero-order chi connectivity index (χ0) is 17.1. The standard InChI is InChI=1S/C20H22N2O2/c1-14-10-11-17(13-15(14)2)21-19(23)18-9-6-12-22(18)20(24)16-7-4-3-5-8-16/h3-5,7-8,10-11,13,18H,6,9,12H2,1-2H3,(H,21,23)/t18-/m0/s1. The van der Waals surface area contributed by atoms with Crippen LogP contribution in [0.2, 0.25) is 0 Å². The molecule has 1 fully saturated rings. The lowest BCUT2D eigenvalue weighted by molar-refractivity contribution is -0.119. The highest BCUT2D eigenvalue weighted by Crippen LogP contribution is 2.22. The quantitative estimate of drug-likeness (QED) is 0.939. The second kappa shape index (κ2) is 6.87. The van der Waals surface area contributed by atoms with Crippen LogP contribution in [-0.4, -0.2) is 29.3 Å². The summed E-state index contributed by atoms with van der Waals surface area (Å²) in [4.78, 5) is 27.0. The Labute approximate surface area is 142 Å². The summed E-state index contributed by atoms with van der Waals surface area (Å²) < 4.78 is 0. The molecule has 2 aromatic carbocycles. The van der Waals surface area contributed by atoms with E-state index < -0.39 is 6.04 Å². The number of benzene rings is 2. The number of carbonyl (C=O) groups excluding carboxylic acids is 2. The maximum atomic E-state index is 12.7. The largest absolute Gasteiger partial charge is 0.327 e. The molecule has 0 aromatic heterocycles. The summed E-state index contributed by atoms with van der Waals surface area (Å²) in [6.07, 6.45) is 1.55. The van der Waals surface area contributed by atoms with Crippen LogP contribution in [0.1, 0.15) is 34.3 Å². The van der Waals surface area contributed by atoms with E-state index in [9.17, 15) is 9.59 Å². The molecule has 1 atom stereocenters. The second-order valence-electron chi connectivity index (χ2n) is 6.31. The van der Waals surface area contributed by atoms with Crippen LogP contribution in [0.25, 0.3) is 0 Å². The molecule has 124 valence electrons. The predicted octanol–water partition coefficient (Wildman–Crippen LogP) is 3.55. The Balaban J connectivity index is 1.74. The molecule has 24 heavy (non-hydrogen) atoms. The molecule has 0 spiro atoms. The molecule has 0 radical (unpaired) electrons. The van der Waals surface area contributed by atoms with Crippen molar-refractivity contribution in [1.82, 2.24) is 4.90 Å². The van der Waals surface area contributed by atoms with Crippen LogP contribution >= 0.6 is 0 Å². The number of aryl methyl sites for hydroxylation is 2. The van der Waals surface area contributed by atoms with Crippen LogP contribution in [0.4, 0.5) is 5.69 Å². The maximum absolute atomic E-state index is 12.7. The lowest BCUT2D eigenvalue weighted by atomic mass is 10.1. The van der Waals surface area contributed by atoms with E-state index in [0.29, 0.717) is 18.5 Å². The van der Waals surface area contributed by atoms with Crippen molar-refractivity contribution >= 4 is 17.5 Å². The predicted molar refractivity (Wildman–Crippen MR) is 95.0 cm³/mol. The minimum absolute atomic E-state index is 0.0756. The average Bonchev–Trinajstić information content (AvgIpc) is 3.08. The van der Waals surface area contributed by atoms with Gasteiger partial charge in [0.25, 0.3) is 5.91 Å². The molecule has 0 bridgehead atoms. The van der Waals surface area contributed by atoms with Crippen LogP contribution in [0.5, 0.6) is 0 Å². The van der Waals surface area contributed by atoms with Crippen LogP contribution in [0, 0.1) is 13.8 Å². The Morgan fingerprint density at radius 1 is 1.04 bits per heavy atom. The monoisotopic (exact) mass is 322 g/mol. The van der Waals surface area contributed by atoms with Gasteiger partial charge < -0.3 is 10.2 Å². The van der Waals surface area contributed by atoms with Gasteiger partial charge >= 0.3 is 0 Å². The second-order valence-corrected chi connectivity index (χ2v) is 6.31. The molecule has 4 nitrogen and oxygen atoms in total. The number of nitrogens with one attached hydrogen (secondary N) is 1. The van der Waals surface area contributed by atoms with E-state index in [-0.39, 0.29) is 11.8 Å². The maximum Gasteiger partial charge on any atom is 0.254 e. The Bertz CT molecular complexity index is 755. The molecular formula is C20H22N2O2. The van der Waals surface area contributed by atoms with E-state index in [0.717, 1.165) is 17.7 Å². The number of carbonyl (C=O) groups is 2. The van der Waals surface area contributed by atoms with E-state index in [4.69, 9.17) is 0 Å². The van der Waals surface area contributed by atoms with Crippen molar-refractivity contribution in [3.05, 3.63) is 65.2 Å². The minimum atomic E-state index is -0.403. The highest BCUT2D eigenvalue weighted by atomic mass is 16.2. The van der Waals surface area contributed by atoms with Crippen LogP contribution in [0.3, 0.4) is 0 Å². The van der Waals surface area contributed by atoms with Crippen molar-refractivity contribution in [1.29, 1.82) is 0 Å². The summed E-state index contributed by atoms with van der Waals surface area (Å²) in [6, 6.07) is 14.6. The fourth-order valence-electron chi connectivity index (χ4n) is 3.07. The summed E-state index contributed by atoms with van der Waals surface area (Å²) in [6.45, 7) is 4.68. The van der Waals surface area contributed by atoms with Crippen molar-refractivity contribution in [2.45, 2.75) is 32.7 Å². The third-order valence-corrected chi connectivity index (χ3v) is 4.61. The summed E-state index contributed by atoms with van der Waals surface area (Å²) in [7, 11) is 0. The molecule has 1 heterocycles. The van der Waals surface area contributed by atoms with Crippen LogP contribution < -0.4 is 5.32 Å². The smallest absolute Gasteiger partial charge is 0.254 e. The van der Waals surface area contributed by atoms with Crippen LogP contribution in [0.15, 0.2) is 48.5 Å². The lowest BCUT2D eigenvalue weighted by Gasteiger charge is -2.24. The molecule has 1 N–H and O–H groups in total. The molecule has 1 saturated heterocycles. The van der Waals surface area contributed by atoms with E-state index in [1.807, 2.05) is 50.2 Å². The third-order valence-electron chi connectivity index (χ3n) is 4.61. The molecule has 0 aliphatic carbocycles. The summed E-state index contributed by atoms with van der Waals surface area (Å²) in [5, 5.41) is 2.96. The van der Waals surface area contributed by atoms with Gasteiger partial charge in [0.1, 0.15) is 6.04 Å². The number of hydrogen-bond acceptors (Lipinski definition) is 2. The van der Waals surface area contributed by atoms with Gasteiger partial charge in [0.2, 0.25) is 5.91 Å². The number of hydrogen-bond donors (Lipinski definition) is 1. The zero-order valence-electron chi connectivity index (χ0n) is 14.1. The molecule has 1 aliphatic rings. The molecule has 3 rings (SSSR count). The van der Waals surface area contributed by atoms with Crippen molar-refractivity contribution in [2.75, 3.05) is 11.9 Å². The van der Waals surface area contributed by atoms with Crippen molar-refractivity contribution in [3.8, 4) is 0 Å². The SMILES string of the molecule is Cc1ccc(NC(=O)[C@@H]2CCCN2C(=O)c2ccccc2)cc1C. The Kier molecular flexibility index (Phi) is 4.65. The van der Waals surface area contributed by atoms with Gasteiger partial charge in [-0.25, -0.2) is 0 Å². The van der Waals surface area contributed by atoms with E-state index >= 15 is 0 Å². The number of rotatable bonds is 3. The minimum Gasteiger partial charge on any atom is -0.327 e. The van der Waals surface area contributed by atoms with Gasteiger partial charge in [-0.05, 0) is 62.1 Å². The molecule has 2 aromatic rings. The Hall–Kier alpha value is -2.62. The molecule has 2 amide bonds. The molecule has 0 unspecified atom stereocenters. The van der Waals surface area contributed by atoms with Gasteiger partial charge in [-0.3, -0.25) is 9.59 Å². The first-order chi connectivity index (χ1) is 11.6. The summed E-state index contributed by atoms with van der Waals surface area (Å²) in [5.41, 5.74) is 3.73. The van der Waals surface area contributed by atoms with Crippen molar-refractivity contribution in [3.63, 3.8) is 0 Å². The van der Waals surface area contributed by atoms with E-state index in [1.54, 1.807) is 17.0 Å². The van der Waals surface area contributed by atoms with Crippen LogP contribution in [-0.2, 0) is 4.79 Å². The summed E-state index contributed by atoms with van der Waals surface area (Å²) >= 11 is 0. The number of anilines is 1. The van der Waals surface area contributed by atoms with Gasteiger partial charge in [0.05, 0.1) is 0 Å². The average molecular weight is 322 g/mol. The third kappa shape index (κ3) is 3.32. The fourth-order valence-corrected chi connectivity index (χ4v) is 3.07. The highest BCUT2D eigenvalue weighted by molar-refractivity contribution is 6.01. The van der Waals surface area contributed by atoms with E-state index in [2.05, 4.69) is 5.32 Å². The Morgan fingerprint density at radius 3 is 2.50 bits per heavy atom. The van der Waals surface area contributed by atoms with E-state index in [1.165, 1.54) is 5.56 Å². The van der Waals surface area contributed by atoms with Gasteiger partial charge in [-0.15, -0.1) is 0 Å². The molecule has 4 heteroatoms. The topological polar surface area (TPSA) is 49.4 Å². The molecule has 1 aliphatic heterocycles. The summed E-state index contributed by atoms with van der Waals surface area (Å²) in [5.74, 6) is -0.187. The van der Waals surface area contributed by atoms with Gasteiger partial charge in [0, 0.05) is 17.8 Å². The molecule has 0 saturated carbocycles. The number of amides is 2. The normalized spacial score (nSPS) is 16.9.